The quantitative estimate of drug-likeness (QED) is 0.746. The van der Waals surface area contributed by atoms with E-state index in [4.69, 9.17) is 4.42 Å². The van der Waals surface area contributed by atoms with Crippen molar-refractivity contribution in [3.05, 3.63) is 54.0 Å². The van der Waals surface area contributed by atoms with Gasteiger partial charge in [-0.15, -0.1) is 10.2 Å². The lowest BCUT2D eigenvalue weighted by molar-refractivity contribution is -0.116. The summed E-state index contributed by atoms with van der Waals surface area (Å²) < 4.78 is 7.58. The van der Waals surface area contributed by atoms with Crippen LogP contribution >= 0.6 is 0 Å². The predicted octanol–water partition coefficient (Wildman–Crippen LogP) is 3.62. The average molecular weight is 336 g/mol. The topological polar surface area (TPSA) is 73.0 Å². The maximum absolute atomic E-state index is 12.5. The van der Waals surface area contributed by atoms with Crippen LogP contribution < -0.4 is 5.32 Å². The number of hydrogen-bond donors (Lipinski definition) is 1. The minimum atomic E-state index is -0.0831. The van der Waals surface area contributed by atoms with Crippen LogP contribution in [0.15, 0.2) is 47.0 Å². The van der Waals surface area contributed by atoms with Crippen molar-refractivity contribution in [2.75, 3.05) is 5.32 Å². The molecule has 6 heteroatoms. The monoisotopic (exact) mass is 336 g/mol. The minimum Gasteiger partial charge on any atom is -0.419 e. The van der Waals surface area contributed by atoms with Crippen molar-refractivity contribution in [2.24, 2.45) is 0 Å². The molecular weight excluding hydrogens is 316 g/mol. The normalized spacial score (nSPS) is 13.8. The van der Waals surface area contributed by atoms with Crippen molar-refractivity contribution in [1.29, 1.82) is 0 Å². The van der Waals surface area contributed by atoms with Crippen molar-refractivity contribution in [3.8, 4) is 11.6 Å². The van der Waals surface area contributed by atoms with Crippen LogP contribution in [0.2, 0.25) is 0 Å². The van der Waals surface area contributed by atoms with E-state index in [-0.39, 0.29) is 12.5 Å². The van der Waals surface area contributed by atoms with Crippen LogP contribution in [0.3, 0.4) is 0 Å². The maximum atomic E-state index is 12.5. The van der Waals surface area contributed by atoms with Gasteiger partial charge in [0.2, 0.25) is 11.8 Å². The number of carbonyl (C=O) groups is 1. The Balaban J connectivity index is 1.49. The molecule has 25 heavy (non-hydrogen) atoms. The molecule has 1 fully saturated rings. The van der Waals surface area contributed by atoms with Gasteiger partial charge in [0.05, 0.1) is 0 Å². The number of amides is 1. The molecule has 2 aromatic heterocycles. The van der Waals surface area contributed by atoms with E-state index in [0.29, 0.717) is 17.7 Å². The molecule has 0 spiro atoms. The SMILES string of the molecule is CCc1ccccc1NC(=O)Cn1cccc1-c1nnc(C2CC2)o1. The molecule has 1 aliphatic rings. The molecule has 0 aliphatic heterocycles. The molecule has 1 N–H and O–H groups in total. The molecule has 1 amide bonds. The molecular formula is C19H20N4O2. The third-order valence-corrected chi connectivity index (χ3v) is 4.40. The molecule has 3 aromatic rings. The van der Waals surface area contributed by atoms with Crippen LogP contribution in [-0.4, -0.2) is 20.7 Å². The van der Waals surface area contributed by atoms with Crippen LogP contribution in [0.25, 0.3) is 11.6 Å². The number of rotatable bonds is 6. The zero-order chi connectivity index (χ0) is 17.2. The second-order valence-electron chi connectivity index (χ2n) is 6.30. The fraction of sp³-hybridized carbons (Fsp3) is 0.316. The summed E-state index contributed by atoms with van der Waals surface area (Å²) in [7, 11) is 0. The number of aryl methyl sites for hydroxylation is 1. The van der Waals surface area contributed by atoms with E-state index in [0.717, 1.165) is 36.2 Å². The predicted molar refractivity (Wildman–Crippen MR) is 94.1 cm³/mol. The summed E-state index contributed by atoms with van der Waals surface area (Å²) in [5, 5.41) is 11.2. The van der Waals surface area contributed by atoms with Gasteiger partial charge < -0.3 is 14.3 Å². The number of aromatic nitrogens is 3. The largest absolute Gasteiger partial charge is 0.419 e. The summed E-state index contributed by atoms with van der Waals surface area (Å²) in [6, 6.07) is 11.6. The van der Waals surface area contributed by atoms with E-state index in [9.17, 15) is 4.79 Å². The van der Waals surface area contributed by atoms with Crippen molar-refractivity contribution < 1.29 is 9.21 Å². The van der Waals surface area contributed by atoms with E-state index in [2.05, 4.69) is 22.4 Å². The van der Waals surface area contributed by atoms with E-state index >= 15 is 0 Å². The molecule has 1 aliphatic carbocycles. The Morgan fingerprint density at radius 3 is 2.88 bits per heavy atom. The first-order chi connectivity index (χ1) is 12.2. The average Bonchev–Trinajstić information content (AvgIpc) is 3.17. The number of hydrogen-bond acceptors (Lipinski definition) is 4. The van der Waals surface area contributed by atoms with Gasteiger partial charge in [0.15, 0.2) is 0 Å². The van der Waals surface area contributed by atoms with Crippen molar-refractivity contribution in [3.63, 3.8) is 0 Å². The highest BCUT2D eigenvalue weighted by molar-refractivity contribution is 5.91. The lowest BCUT2D eigenvalue weighted by Gasteiger charge is -2.11. The van der Waals surface area contributed by atoms with Crippen LogP contribution in [0, 0.1) is 0 Å². The first-order valence-corrected chi connectivity index (χ1v) is 8.61. The molecule has 0 saturated heterocycles. The molecule has 128 valence electrons. The van der Waals surface area contributed by atoms with E-state index < -0.39 is 0 Å². The minimum absolute atomic E-state index is 0.0831. The van der Waals surface area contributed by atoms with Gasteiger partial charge in [-0.05, 0) is 43.0 Å². The van der Waals surface area contributed by atoms with Crippen LogP contribution in [0.4, 0.5) is 5.69 Å². The molecule has 0 unspecified atom stereocenters. The first-order valence-electron chi connectivity index (χ1n) is 8.61. The fourth-order valence-corrected chi connectivity index (χ4v) is 2.87. The highest BCUT2D eigenvalue weighted by Crippen LogP contribution is 2.39. The van der Waals surface area contributed by atoms with Crippen molar-refractivity contribution >= 4 is 11.6 Å². The standard InChI is InChI=1S/C19H20N4O2/c1-2-13-6-3-4-7-15(13)20-17(24)12-23-11-5-8-16(23)19-22-21-18(25-19)14-9-10-14/h3-8,11,14H,2,9-10,12H2,1H3,(H,20,24). The van der Waals surface area contributed by atoms with Gasteiger partial charge >= 0.3 is 0 Å². The zero-order valence-corrected chi connectivity index (χ0v) is 14.1. The van der Waals surface area contributed by atoms with Gasteiger partial charge in [-0.2, -0.15) is 0 Å². The number of carbonyl (C=O) groups excluding carboxylic acids is 1. The van der Waals surface area contributed by atoms with Crippen molar-refractivity contribution in [2.45, 2.75) is 38.6 Å². The van der Waals surface area contributed by atoms with Crippen molar-refractivity contribution in [1.82, 2.24) is 14.8 Å². The Labute approximate surface area is 145 Å². The van der Waals surface area contributed by atoms with Gasteiger partial charge in [0.25, 0.3) is 5.89 Å². The lowest BCUT2D eigenvalue weighted by Crippen LogP contribution is -2.19. The van der Waals surface area contributed by atoms with Gasteiger partial charge in [0, 0.05) is 17.8 Å². The fourth-order valence-electron chi connectivity index (χ4n) is 2.87. The Hall–Kier alpha value is -2.89. The van der Waals surface area contributed by atoms with E-state index in [1.165, 1.54) is 0 Å². The molecule has 6 nitrogen and oxygen atoms in total. The summed E-state index contributed by atoms with van der Waals surface area (Å²) >= 11 is 0. The van der Waals surface area contributed by atoms with Crippen LogP contribution in [0.5, 0.6) is 0 Å². The smallest absolute Gasteiger partial charge is 0.264 e. The molecule has 0 bridgehead atoms. The second-order valence-corrected chi connectivity index (χ2v) is 6.30. The molecule has 4 rings (SSSR count). The third-order valence-electron chi connectivity index (χ3n) is 4.40. The number of benzene rings is 1. The lowest BCUT2D eigenvalue weighted by atomic mass is 10.1. The second kappa shape index (κ2) is 6.55. The molecule has 0 atom stereocenters. The summed E-state index contributed by atoms with van der Waals surface area (Å²) in [4.78, 5) is 12.5. The van der Waals surface area contributed by atoms with Crippen LogP contribution in [0.1, 0.15) is 37.1 Å². The Bertz CT molecular complexity index is 892. The Morgan fingerprint density at radius 2 is 2.08 bits per heavy atom. The number of nitrogens with zero attached hydrogens (tertiary/aromatic N) is 3. The summed E-state index contributed by atoms with van der Waals surface area (Å²) in [5.74, 6) is 1.50. The van der Waals surface area contributed by atoms with E-state index in [1.54, 1.807) is 0 Å². The third kappa shape index (κ3) is 3.33. The highest BCUT2D eigenvalue weighted by atomic mass is 16.4. The Kier molecular flexibility index (Phi) is 4.09. The summed E-state index contributed by atoms with van der Waals surface area (Å²) in [5.41, 5.74) is 2.74. The Morgan fingerprint density at radius 1 is 1.24 bits per heavy atom. The van der Waals surface area contributed by atoms with Gasteiger partial charge in [-0.3, -0.25) is 4.79 Å². The number of anilines is 1. The van der Waals surface area contributed by atoms with Gasteiger partial charge in [-0.1, -0.05) is 25.1 Å². The molecule has 2 heterocycles. The molecule has 0 radical (unpaired) electrons. The summed E-state index contributed by atoms with van der Waals surface area (Å²) in [6.07, 6.45) is 4.95. The number of para-hydroxylation sites is 1. The molecule has 1 aromatic carbocycles. The highest BCUT2D eigenvalue weighted by Gasteiger charge is 2.30. The maximum Gasteiger partial charge on any atom is 0.264 e. The van der Waals surface area contributed by atoms with Gasteiger partial charge in [0.1, 0.15) is 12.2 Å². The number of nitrogens with one attached hydrogen (secondary N) is 1. The first kappa shape index (κ1) is 15.6. The van der Waals surface area contributed by atoms with E-state index in [1.807, 2.05) is 47.2 Å². The molecule has 1 saturated carbocycles. The van der Waals surface area contributed by atoms with Gasteiger partial charge in [-0.25, -0.2) is 0 Å². The zero-order valence-electron chi connectivity index (χ0n) is 14.1. The summed E-state index contributed by atoms with van der Waals surface area (Å²) in [6.45, 7) is 2.27. The van der Waals surface area contributed by atoms with Crippen LogP contribution in [-0.2, 0) is 17.8 Å².